The van der Waals surface area contributed by atoms with E-state index in [9.17, 15) is 0 Å². The summed E-state index contributed by atoms with van der Waals surface area (Å²) in [6.07, 6.45) is 0. The first-order chi connectivity index (χ1) is 1.41. The first-order valence-electron chi connectivity index (χ1n) is 0.816. The van der Waals surface area contributed by atoms with E-state index in [1.807, 2.05) is 0 Å². The summed E-state index contributed by atoms with van der Waals surface area (Å²) in [7, 11) is 0. The van der Waals surface area contributed by atoms with Gasteiger partial charge in [0, 0.05) is 17.1 Å². The van der Waals surface area contributed by atoms with Crippen LogP contribution in [0.1, 0.15) is 0 Å². The van der Waals surface area contributed by atoms with E-state index in [0.29, 0.717) is 0 Å². The maximum absolute atomic E-state index is 2.19. The molecule has 0 unspecified atom stereocenters. The Labute approximate surface area is 44.0 Å². The topological polar surface area (TPSA) is 0 Å². The molecule has 0 heterocycles. The van der Waals surface area contributed by atoms with Gasteiger partial charge >= 0.3 is 26.6 Å². The predicted molar refractivity (Wildman–Crippen MR) is 23.2 cm³/mol. The second-order valence-corrected chi connectivity index (χ2v) is 2.12. The van der Waals surface area contributed by atoms with Crippen molar-refractivity contribution in [1.29, 1.82) is 0 Å². The molecule has 0 aromatic rings. The summed E-state index contributed by atoms with van der Waals surface area (Å²) in [6.45, 7) is 0. The van der Waals surface area contributed by atoms with Crippen molar-refractivity contribution < 1.29 is 0 Å². The molecule has 0 rings (SSSR count). The third kappa shape index (κ3) is 11.7. The summed E-state index contributed by atoms with van der Waals surface area (Å²) < 4.78 is 0. The Morgan fingerprint density at radius 3 is 1.25 bits per heavy atom. The Hall–Kier alpha value is 1.04. The van der Waals surface area contributed by atoms with Gasteiger partial charge in [0.1, 0.15) is 0 Å². The molecule has 0 aromatic heterocycles. The standard InChI is InChI=1S/C2H6Se.Se/c1-3-2;/h1-2H3;. The smallest absolute Gasteiger partial charge is 0 e. The van der Waals surface area contributed by atoms with E-state index in [-0.39, 0.29) is 17.1 Å². The van der Waals surface area contributed by atoms with Crippen LogP contribution in [0.25, 0.3) is 0 Å². The van der Waals surface area contributed by atoms with Crippen LogP contribution in [0.3, 0.4) is 0 Å². The fourth-order valence-corrected chi connectivity index (χ4v) is 0. The van der Waals surface area contributed by atoms with Gasteiger partial charge in [-0.3, -0.25) is 0 Å². The molecule has 26 valence electrons. The first-order valence-corrected chi connectivity index (χ1v) is 4.24. The molecule has 0 aliphatic rings. The SMILES string of the molecule is C[Se]C.[Se]. The van der Waals surface area contributed by atoms with Gasteiger partial charge in [0.05, 0.1) is 0 Å². The molecule has 0 N–H and O–H groups in total. The quantitative estimate of drug-likeness (QED) is 0.483. The van der Waals surface area contributed by atoms with E-state index in [0.717, 1.165) is 15.0 Å². The molecule has 0 atom stereocenters. The first kappa shape index (κ1) is 8.90. The molecule has 0 saturated carbocycles. The molecule has 2 radical (unpaired) electrons. The summed E-state index contributed by atoms with van der Waals surface area (Å²) >= 11 is 0.875. The van der Waals surface area contributed by atoms with Gasteiger partial charge in [0.15, 0.2) is 0 Å². The molecule has 0 aliphatic heterocycles. The summed E-state index contributed by atoms with van der Waals surface area (Å²) in [4.78, 5) is 0. The Bertz CT molecular complexity index is 4.00. The summed E-state index contributed by atoms with van der Waals surface area (Å²) in [5, 5.41) is 0. The second kappa shape index (κ2) is 8.97. The third-order valence-electron chi connectivity index (χ3n) is 0. The van der Waals surface area contributed by atoms with Gasteiger partial charge in [-0.25, -0.2) is 0 Å². The van der Waals surface area contributed by atoms with Gasteiger partial charge < -0.3 is 0 Å². The van der Waals surface area contributed by atoms with Gasteiger partial charge in [-0.2, -0.15) is 0 Å². The van der Waals surface area contributed by atoms with E-state index in [2.05, 4.69) is 11.6 Å². The minimum absolute atomic E-state index is 0. The second-order valence-electron chi connectivity index (χ2n) is 0.408. The molecule has 0 aliphatic carbocycles. The average molecular weight is 188 g/mol. The van der Waals surface area contributed by atoms with Gasteiger partial charge in [-0.05, 0) is 0 Å². The van der Waals surface area contributed by atoms with Crippen molar-refractivity contribution in [3.05, 3.63) is 0 Å². The third-order valence-corrected chi connectivity index (χ3v) is 0. The van der Waals surface area contributed by atoms with Gasteiger partial charge in [-0.1, -0.05) is 0 Å². The Morgan fingerprint density at radius 1 is 1.25 bits per heavy atom. The van der Waals surface area contributed by atoms with Crippen LogP contribution in [-0.4, -0.2) is 32.0 Å². The Kier molecular flexibility index (Phi) is 20.0. The molecular formula is C2H6Se2. The monoisotopic (exact) mass is 190 g/mol. The van der Waals surface area contributed by atoms with Crippen LogP contribution in [0.4, 0.5) is 0 Å². The van der Waals surface area contributed by atoms with E-state index in [4.69, 9.17) is 0 Å². The van der Waals surface area contributed by atoms with Gasteiger partial charge in [0.2, 0.25) is 0 Å². The van der Waals surface area contributed by atoms with Crippen molar-refractivity contribution in [2.24, 2.45) is 0 Å². The van der Waals surface area contributed by atoms with Crippen molar-refractivity contribution in [2.75, 3.05) is 0 Å². The molecule has 4 heavy (non-hydrogen) atoms. The Morgan fingerprint density at radius 2 is 1.25 bits per heavy atom. The predicted octanol–water partition coefficient (Wildman–Crippen LogP) is 0.406. The van der Waals surface area contributed by atoms with E-state index in [1.54, 1.807) is 0 Å². The van der Waals surface area contributed by atoms with E-state index in [1.165, 1.54) is 0 Å². The molecular weight excluding hydrogens is 182 g/mol. The largest absolute Gasteiger partial charge is 0 e. The van der Waals surface area contributed by atoms with E-state index < -0.39 is 0 Å². The molecule has 0 amide bonds. The number of rotatable bonds is 0. The summed E-state index contributed by atoms with van der Waals surface area (Å²) in [5.74, 6) is 4.38. The minimum Gasteiger partial charge on any atom is 0 e. The van der Waals surface area contributed by atoms with Crippen LogP contribution in [0.2, 0.25) is 11.6 Å². The zero-order valence-corrected chi connectivity index (χ0v) is 6.24. The molecule has 0 aromatic carbocycles. The van der Waals surface area contributed by atoms with Crippen molar-refractivity contribution >= 4 is 32.0 Å². The molecule has 0 nitrogen and oxygen atoms in total. The minimum atomic E-state index is 0. The zero-order valence-electron chi connectivity index (χ0n) is 2.82. The zero-order chi connectivity index (χ0) is 2.71. The van der Waals surface area contributed by atoms with Crippen molar-refractivity contribution in [1.82, 2.24) is 0 Å². The van der Waals surface area contributed by atoms with Crippen LogP contribution in [0.15, 0.2) is 0 Å². The normalized spacial score (nSPS) is 4.50. The maximum Gasteiger partial charge on any atom is 0 e. The van der Waals surface area contributed by atoms with Crippen molar-refractivity contribution in [3.8, 4) is 0 Å². The molecule has 2 heteroatoms. The summed E-state index contributed by atoms with van der Waals surface area (Å²) in [5.41, 5.74) is 0. The van der Waals surface area contributed by atoms with Crippen LogP contribution >= 0.6 is 0 Å². The van der Waals surface area contributed by atoms with Crippen molar-refractivity contribution in [2.45, 2.75) is 11.6 Å². The van der Waals surface area contributed by atoms with Gasteiger partial charge in [0.25, 0.3) is 0 Å². The fraction of sp³-hybridized carbons (Fsp3) is 1.00. The van der Waals surface area contributed by atoms with Gasteiger partial charge in [-0.15, -0.1) is 0 Å². The average Bonchev–Trinajstić information content (AvgIpc) is 0.918. The molecule has 0 spiro atoms. The fourth-order valence-electron chi connectivity index (χ4n) is 0. The molecule has 0 fully saturated rings. The maximum atomic E-state index is 2.19. The van der Waals surface area contributed by atoms with Crippen LogP contribution in [0, 0.1) is 0 Å². The Balaban J connectivity index is 0. The number of hydrogen-bond acceptors (Lipinski definition) is 0. The van der Waals surface area contributed by atoms with Crippen LogP contribution in [0.5, 0.6) is 0 Å². The van der Waals surface area contributed by atoms with Crippen molar-refractivity contribution in [3.63, 3.8) is 0 Å². The molecule has 0 bridgehead atoms. The van der Waals surface area contributed by atoms with Crippen LogP contribution < -0.4 is 0 Å². The van der Waals surface area contributed by atoms with E-state index >= 15 is 0 Å². The summed E-state index contributed by atoms with van der Waals surface area (Å²) in [6, 6.07) is 0. The van der Waals surface area contributed by atoms with Crippen LogP contribution in [-0.2, 0) is 0 Å². The number of hydrogen-bond donors (Lipinski definition) is 0. The molecule has 0 saturated heterocycles.